The van der Waals surface area contributed by atoms with Crippen molar-refractivity contribution in [3.8, 4) is 34.7 Å². The van der Waals surface area contributed by atoms with Gasteiger partial charge < -0.3 is 15.4 Å². The Morgan fingerprint density at radius 1 is 1.12 bits per heavy atom. The van der Waals surface area contributed by atoms with E-state index in [1.54, 1.807) is 19.3 Å². The van der Waals surface area contributed by atoms with Gasteiger partial charge in [-0.25, -0.2) is 9.97 Å². The summed E-state index contributed by atoms with van der Waals surface area (Å²) >= 11 is 0. The highest BCUT2D eigenvalue weighted by Gasteiger charge is 2.32. The second kappa shape index (κ2) is 8.67. The van der Waals surface area contributed by atoms with Gasteiger partial charge in [-0.3, -0.25) is 9.20 Å². The molecule has 3 aromatic heterocycles. The number of likely N-dealkylation sites (tertiary alicyclic amines) is 1. The number of pyridine rings is 1. The normalized spacial score (nSPS) is 15.3. The first kappa shape index (κ1) is 20.6. The van der Waals surface area contributed by atoms with Crippen LogP contribution in [0.25, 0.3) is 16.8 Å². The van der Waals surface area contributed by atoms with Gasteiger partial charge in [0.2, 0.25) is 11.8 Å². The first-order valence-corrected chi connectivity index (χ1v) is 10.8. The van der Waals surface area contributed by atoms with Gasteiger partial charge in [0.1, 0.15) is 5.75 Å². The molecule has 0 spiro atoms. The van der Waals surface area contributed by atoms with E-state index in [0.29, 0.717) is 24.1 Å². The molecule has 0 radical (unpaired) electrons. The second-order valence-electron chi connectivity index (χ2n) is 7.83. The van der Waals surface area contributed by atoms with Crippen molar-refractivity contribution >= 4 is 17.4 Å². The molecule has 5 rings (SSSR count). The molecule has 0 bridgehead atoms. The minimum atomic E-state index is -0.140. The first-order valence-electron chi connectivity index (χ1n) is 10.8. The lowest BCUT2D eigenvalue weighted by molar-refractivity contribution is -0.125. The number of amides is 1. The van der Waals surface area contributed by atoms with E-state index in [2.05, 4.69) is 27.9 Å². The molecule has 1 aliphatic rings. The number of aromatic nitrogens is 3. The second-order valence-corrected chi connectivity index (χ2v) is 7.83. The van der Waals surface area contributed by atoms with Gasteiger partial charge in [0.25, 0.3) is 5.91 Å². The molecular formula is C26H23N5O2. The molecule has 7 nitrogen and oxygen atoms in total. The lowest BCUT2D eigenvalue weighted by Gasteiger charge is -2.22. The van der Waals surface area contributed by atoms with E-state index in [1.165, 1.54) is 0 Å². The number of carbonyl (C=O) groups is 1. The van der Waals surface area contributed by atoms with Crippen LogP contribution in [0.1, 0.15) is 31.4 Å². The van der Waals surface area contributed by atoms with Crippen LogP contribution < -0.4 is 10.5 Å². The van der Waals surface area contributed by atoms with Gasteiger partial charge in [-0.1, -0.05) is 12.0 Å². The lowest BCUT2D eigenvalue weighted by Crippen LogP contribution is -2.29. The average molecular weight is 438 g/mol. The zero-order valence-electron chi connectivity index (χ0n) is 18.2. The van der Waals surface area contributed by atoms with Crippen molar-refractivity contribution in [1.29, 1.82) is 0 Å². The van der Waals surface area contributed by atoms with Gasteiger partial charge in [0.05, 0.1) is 17.3 Å². The summed E-state index contributed by atoms with van der Waals surface area (Å²) in [7, 11) is 0. The van der Waals surface area contributed by atoms with Crippen molar-refractivity contribution in [2.45, 2.75) is 25.8 Å². The Kier molecular flexibility index (Phi) is 5.41. The summed E-state index contributed by atoms with van der Waals surface area (Å²) in [6, 6.07) is 17.3. The number of anilines is 1. The van der Waals surface area contributed by atoms with E-state index in [4.69, 9.17) is 10.5 Å². The molecule has 1 aromatic carbocycles. The maximum Gasteiger partial charge on any atom is 0.298 e. The third-order valence-corrected chi connectivity index (χ3v) is 5.85. The monoisotopic (exact) mass is 437 g/mol. The van der Waals surface area contributed by atoms with Crippen molar-refractivity contribution in [2.24, 2.45) is 0 Å². The Hall–Kier alpha value is -4.31. The number of hydrogen-bond acceptors (Lipinski definition) is 5. The van der Waals surface area contributed by atoms with E-state index in [1.807, 2.05) is 57.8 Å². The number of carbonyl (C=O) groups excluding carboxylic acids is 1. The van der Waals surface area contributed by atoms with Crippen molar-refractivity contribution in [1.82, 2.24) is 19.3 Å². The van der Waals surface area contributed by atoms with Crippen LogP contribution in [0, 0.1) is 11.8 Å². The van der Waals surface area contributed by atoms with Crippen LogP contribution in [0.4, 0.5) is 5.95 Å². The molecule has 33 heavy (non-hydrogen) atoms. The van der Waals surface area contributed by atoms with Gasteiger partial charge in [-0.15, -0.1) is 0 Å². The van der Waals surface area contributed by atoms with E-state index in [0.717, 1.165) is 35.2 Å². The van der Waals surface area contributed by atoms with Crippen LogP contribution in [-0.4, -0.2) is 31.7 Å². The molecule has 0 aliphatic carbocycles. The maximum absolute atomic E-state index is 12.6. The standard InChI is InChI=1S/C26H23N5O2/c1-2-6-25(32)30-16-5-7-21(30)20-17-23(31-22(20)13-15-29-26(31)27)18-9-11-19(12-10-18)33-24-8-3-4-14-28-24/h3-4,8-15,17,21H,5,7,16H2,1H3,(H2,27,29). The molecule has 0 saturated carbocycles. The molecule has 4 heterocycles. The van der Waals surface area contributed by atoms with Crippen molar-refractivity contribution in [2.75, 3.05) is 12.3 Å². The third-order valence-electron chi connectivity index (χ3n) is 5.85. The number of ether oxygens (including phenoxy) is 1. The minimum Gasteiger partial charge on any atom is -0.439 e. The smallest absolute Gasteiger partial charge is 0.298 e. The largest absolute Gasteiger partial charge is 0.439 e. The fourth-order valence-electron chi connectivity index (χ4n) is 4.42. The summed E-state index contributed by atoms with van der Waals surface area (Å²) in [5.74, 6) is 6.89. The van der Waals surface area contributed by atoms with Gasteiger partial charge in [-0.2, -0.15) is 0 Å². The van der Waals surface area contributed by atoms with E-state index >= 15 is 0 Å². The Balaban J connectivity index is 1.54. The first-order chi connectivity index (χ1) is 16.2. The summed E-state index contributed by atoms with van der Waals surface area (Å²) < 4.78 is 7.76. The summed E-state index contributed by atoms with van der Waals surface area (Å²) in [4.78, 5) is 22.9. The van der Waals surface area contributed by atoms with Crippen LogP contribution in [0.3, 0.4) is 0 Å². The number of benzene rings is 1. The molecule has 2 N–H and O–H groups in total. The van der Waals surface area contributed by atoms with E-state index < -0.39 is 0 Å². The zero-order valence-corrected chi connectivity index (χ0v) is 18.2. The number of hydrogen-bond donors (Lipinski definition) is 1. The Morgan fingerprint density at radius 3 is 2.73 bits per heavy atom. The molecule has 4 aromatic rings. The number of nitrogens with zero attached hydrogens (tertiary/aromatic N) is 4. The fraction of sp³-hybridized carbons (Fsp3) is 0.192. The van der Waals surface area contributed by atoms with Crippen LogP contribution in [-0.2, 0) is 4.79 Å². The zero-order chi connectivity index (χ0) is 22.8. The van der Waals surface area contributed by atoms with Gasteiger partial charge in [0.15, 0.2) is 0 Å². The van der Waals surface area contributed by atoms with Crippen LogP contribution in [0.2, 0.25) is 0 Å². The fourth-order valence-corrected chi connectivity index (χ4v) is 4.42. The molecule has 1 saturated heterocycles. The molecule has 7 heteroatoms. The Labute approximate surface area is 191 Å². The van der Waals surface area contributed by atoms with Crippen LogP contribution >= 0.6 is 0 Å². The summed E-state index contributed by atoms with van der Waals surface area (Å²) in [5, 5.41) is 0. The molecule has 1 unspecified atom stereocenters. The molecule has 1 amide bonds. The van der Waals surface area contributed by atoms with Gasteiger partial charge >= 0.3 is 0 Å². The topological polar surface area (TPSA) is 85.8 Å². The molecule has 164 valence electrons. The molecular weight excluding hydrogens is 414 g/mol. The Bertz CT molecular complexity index is 1370. The van der Waals surface area contributed by atoms with E-state index in [-0.39, 0.29) is 11.9 Å². The quantitative estimate of drug-likeness (QED) is 0.477. The highest BCUT2D eigenvalue weighted by atomic mass is 16.5. The predicted molar refractivity (Wildman–Crippen MR) is 126 cm³/mol. The van der Waals surface area contributed by atoms with Crippen molar-refractivity contribution < 1.29 is 9.53 Å². The SMILES string of the molecule is CC#CC(=O)N1CCCC1c1cc(-c2ccc(Oc3ccccn3)cc2)n2c(N)nccc12. The molecule has 1 aliphatic heterocycles. The summed E-state index contributed by atoms with van der Waals surface area (Å²) in [5.41, 5.74) is 10.2. The van der Waals surface area contributed by atoms with Crippen LogP contribution in [0.15, 0.2) is 67.0 Å². The predicted octanol–water partition coefficient (Wildman–Crippen LogP) is 4.46. The minimum absolute atomic E-state index is 0.0457. The van der Waals surface area contributed by atoms with Crippen molar-refractivity contribution in [3.63, 3.8) is 0 Å². The number of nitrogens with two attached hydrogens (primary N) is 1. The van der Waals surface area contributed by atoms with Crippen LogP contribution in [0.5, 0.6) is 11.6 Å². The van der Waals surface area contributed by atoms with E-state index in [9.17, 15) is 4.79 Å². The average Bonchev–Trinajstić information content (AvgIpc) is 3.46. The highest BCUT2D eigenvalue weighted by Crippen LogP contribution is 2.39. The van der Waals surface area contributed by atoms with Crippen molar-refractivity contribution in [3.05, 3.63) is 72.6 Å². The maximum atomic E-state index is 12.6. The number of fused-ring (bicyclic) bond motifs is 1. The highest BCUT2D eigenvalue weighted by molar-refractivity contribution is 5.94. The van der Waals surface area contributed by atoms with Gasteiger partial charge in [0, 0.05) is 30.6 Å². The molecule has 1 atom stereocenters. The third kappa shape index (κ3) is 3.87. The number of rotatable bonds is 4. The number of nitrogen functional groups attached to an aromatic ring is 1. The summed E-state index contributed by atoms with van der Waals surface area (Å²) in [6.45, 7) is 2.38. The summed E-state index contributed by atoms with van der Waals surface area (Å²) in [6.07, 6.45) is 5.22. The Morgan fingerprint density at radius 2 is 1.97 bits per heavy atom. The molecule has 1 fully saturated rings. The van der Waals surface area contributed by atoms with Gasteiger partial charge in [-0.05, 0) is 73.7 Å². The lowest BCUT2D eigenvalue weighted by atomic mass is 10.0.